The number of hydrogen-bond donors (Lipinski definition) is 0. The molecule has 1 aromatic rings. The van der Waals surface area contributed by atoms with Gasteiger partial charge in [-0.3, -0.25) is 0 Å². The van der Waals surface area contributed by atoms with E-state index in [9.17, 15) is 0 Å². The zero-order valence-electron chi connectivity index (χ0n) is 7.44. The fourth-order valence-electron chi connectivity index (χ4n) is 0.444. The summed E-state index contributed by atoms with van der Waals surface area (Å²) in [5.41, 5.74) is 0. The molecule has 0 saturated heterocycles. The molecule has 0 atom stereocenters. The van der Waals surface area contributed by atoms with Crippen molar-refractivity contribution in [3.05, 3.63) is 12.2 Å². The van der Waals surface area contributed by atoms with Crippen molar-refractivity contribution < 1.29 is 0 Å². The first-order valence-electron chi connectivity index (χ1n) is 3.81. The van der Waals surface area contributed by atoms with Crippen LogP contribution >= 0.6 is 0 Å². The summed E-state index contributed by atoms with van der Waals surface area (Å²) >= 11 is 0. The molecule has 11 heavy (non-hydrogen) atoms. The largest absolute Gasteiger partial charge is 0.176 e. The topological polar surface area (TPSA) is 51.6 Å². The molecule has 0 saturated carbocycles. The molecule has 0 aliphatic rings. The van der Waals surface area contributed by atoms with E-state index in [1.165, 1.54) is 6.33 Å². The zero-order chi connectivity index (χ0) is 8.69. The van der Waals surface area contributed by atoms with Gasteiger partial charge in [-0.25, -0.2) is 0 Å². The highest BCUT2D eigenvalue weighted by Gasteiger charge is 1.99. The van der Waals surface area contributed by atoms with E-state index >= 15 is 0 Å². The highest BCUT2D eigenvalue weighted by atomic mass is 15.3. The van der Waals surface area contributed by atoms with Crippen LogP contribution in [0.5, 0.6) is 0 Å². The molecular formula is C7H14N4. The van der Waals surface area contributed by atoms with Crippen LogP contribution in [0, 0.1) is 0 Å². The van der Waals surface area contributed by atoms with Gasteiger partial charge in [0.05, 0.1) is 0 Å². The average molecular weight is 154 g/mol. The van der Waals surface area contributed by atoms with Crippen molar-refractivity contribution in [2.24, 2.45) is 0 Å². The fraction of sp³-hybridized carbons (Fsp3) is 0.714. The van der Waals surface area contributed by atoms with Gasteiger partial charge in [-0.15, -0.1) is 20.4 Å². The Bertz CT molecular complexity index is 173. The lowest BCUT2D eigenvalue weighted by atomic mass is 10.2. The van der Waals surface area contributed by atoms with E-state index in [-0.39, 0.29) is 0 Å². The monoisotopic (exact) mass is 154 g/mol. The molecule has 0 bridgehead atoms. The van der Waals surface area contributed by atoms with Gasteiger partial charge in [0, 0.05) is 5.92 Å². The van der Waals surface area contributed by atoms with Crippen LogP contribution in [0.2, 0.25) is 0 Å². The molecule has 0 amide bonds. The first-order valence-corrected chi connectivity index (χ1v) is 3.81. The van der Waals surface area contributed by atoms with Crippen molar-refractivity contribution in [2.75, 3.05) is 0 Å². The van der Waals surface area contributed by atoms with Crippen LogP contribution in [-0.4, -0.2) is 20.4 Å². The third-order valence-corrected chi connectivity index (χ3v) is 0.940. The molecule has 0 aliphatic heterocycles. The van der Waals surface area contributed by atoms with Crippen LogP contribution < -0.4 is 0 Å². The molecule has 0 aromatic carbocycles. The lowest BCUT2D eigenvalue weighted by Gasteiger charge is -1.96. The van der Waals surface area contributed by atoms with Gasteiger partial charge in [0.2, 0.25) is 0 Å². The first kappa shape index (κ1) is 9.94. The summed E-state index contributed by atoms with van der Waals surface area (Å²) in [5.74, 6) is 1.00. The summed E-state index contributed by atoms with van der Waals surface area (Å²) in [5, 5.41) is 14.7. The van der Waals surface area contributed by atoms with Crippen LogP contribution in [0.3, 0.4) is 0 Å². The van der Waals surface area contributed by atoms with Gasteiger partial charge in [-0.05, 0) is 0 Å². The quantitative estimate of drug-likeness (QED) is 0.613. The second kappa shape index (κ2) is 5.70. The molecule has 0 N–H and O–H groups in total. The summed E-state index contributed by atoms with van der Waals surface area (Å²) in [7, 11) is 0. The van der Waals surface area contributed by atoms with E-state index in [0.29, 0.717) is 11.7 Å². The van der Waals surface area contributed by atoms with E-state index < -0.39 is 0 Å². The maximum Gasteiger partial charge on any atom is 0.176 e. The Balaban J connectivity index is 0.000000461. The highest BCUT2D eigenvalue weighted by molar-refractivity contribution is 4.83. The van der Waals surface area contributed by atoms with Gasteiger partial charge in [0.15, 0.2) is 12.2 Å². The number of nitrogens with zero attached hydrogens (tertiary/aromatic N) is 4. The van der Waals surface area contributed by atoms with Crippen molar-refractivity contribution in [1.82, 2.24) is 20.4 Å². The Morgan fingerprint density at radius 3 is 1.82 bits per heavy atom. The number of hydrogen-bond acceptors (Lipinski definition) is 4. The highest BCUT2D eigenvalue weighted by Crippen LogP contribution is 2.02. The van der Waals surface area contributed by atoms with E-state index in [0.717, 1.165) is 0 Å². The third-order valence-electron chi connectivity index (χ3n) is 0.940. The molecule has 0 spiro atoms. The van der Waals surface area contributed by atoms with Crippen LogP contribution in [0.1, 0.15) is 39.4 Å². The minimum atomic E-state index is 0.311. The predicted molar refractivity (Wildman–Crippen MR) is 43.1 cm³/mol. The van der Waals surface area contributed by atoms with Crippen molar-refractivity contribution in [2.45, 2.75) is 33.6 Å². The Hall–Kier alpha value is -1.06. The summed E-state index contributed by atoms with van der Waals surface area (Å²) in [4.78, 5) is 0. The summed E-state index contributed by atoms with van der Waals surface area (Å²) in [6.07, 6.45) is 1.33. The molecule has 0 unspecified atom stereocenters. The third kappa shape index (κ3) is 3.60. The smallest absolute Gasteiger partial charge is 0.135 e. The van der Waals surface area contributed by atoms with Crippen LogP contribution in [-0.2, 0) is 0 Å². The lowest BCUT2D eigenvalue weighted by molar-refractivity contribution is 0.689. The van der Waals surface area contributed by atoms with Crippen molar-refractivity contribution >= 4 is 0 Å². The average Bonchev–Trinajstić information content (AvgIpc) is 2.10. The minimum Gasteiger partial charge on any atom is -0.135 e. The van der Waals surface area contributed by atoms with Gasteiger partial charge < -0.3 is 0 Å². The molecule has 0 radical (unpaired) electrons. The SMILES string of the molecule is CC.CC(C)c1nncnn1. The Morgan fingerprint density at radius 1 is 1.09 bits per heavy atom. The van der Waals surface area contributed by atoms with E-state index in [4.69, 9.17) is 0 Å². The minimum absolute atomic E-state index is 0.311. The van der Waals surface area contributed by atoms with Crippen LogP contribution in [0.25, 0.3) is 0 Å². The molecule has 4 heteroatoms. The maximum absolute atomic E-state index is 3.75. The Labute approximate surface area is 67.1 Å². The summed E-state index contributed by atoms with van der Waals surface area (Å²) in [6, 6.07) is 0. The zero-order valence-corrected chi connectivity index (χ0v) is 7.44. The summed E-state index contributed by atoms with van der Waals surface area (Å²) < 4.78 is 0. The summed E-state index contributed by atoms with van der Waals surface area (Å²) in [6.45, 7) is 8.00. The van der Waals surface area contributed by atoms with Gasteiger partial charge in [-0.2, -0.15) is 0 Å². The van der Waals surface area contributed by atoms with Gasteiger partial charge in [0.25, 0.3) is 0 Å². The second-order valence-corrected chi connectivity index (χ2v) is 2.06. The fourth-order valence-corrected chi connectivity index (χ4v) is 0.444. The van der Waals surface area contributed by atoms with Gasteiger partial charge in [-0.1, -0.05) is 27.7 Å². The van der Waals surface area contributed by atoms with Crippen molar-refractivity contribution in [1.29, 1.82) is 0 Å². The van der Waals surface area contributed by atoms with Crippen LogP contribution in [0.4, 0.5) is 0 Å². The van der Waals surface area contributed by atoms with Gasteiger partial charge >= 0.3 is 0 Å². The molecule has 62 valence electrons. The van der Waals surface area contributed by atoms with Crippen molar-refractivity contribution in [3.63, 3.8) is 0 Å². The molecule has 0 aliphatic carbocycles. The molecule has 1 aromatic heterocycles. The van der Waals surface area contributed by atoms with Crippen molar-refractivity contribution in [3.8, 4) is 0 Å². The van der Waals surface area contributed by atoms with E-state index in [1.807, 2.05) is 27.7 Å². The molecule has 4 nitrogen and oxygen atoms in total. The second-order valence-electron chi connectivity index (χ2n) is 2.06. The molecule has 1 rings (SSSR count). The van der Waals surface area contributed by atoms with Crippen LogP contribution in [0.15, 0.2) is 6.33 Å². The Kier molecular flexibility index (Phi) is 5.15. The van der Waals surface area contributed by atoms with Gasteiger partial charge in [0.1, 0.15) is 0 Å². The molecular weight excluding hydrogens is 140 g/mol. The molecule has 1 heterocycles. The predicted octanol–water partition coefficient (Wildman–Crippen LogP) is 1.42. The first-order chi connectivity index (χ1) is 5.30. The molecule has 0 fully saturated rings. The normalized spacial score (nSPS) is 8.82. The number of aromatic nitrogens is 4. The standard InChI is InChI=1S/C5H8N4.C2H6/c1-4(2)5-8-6-3-7-9-5;1-2/h3-4H,1-2H3;1-2H3. The van der Waals surface area contributed by atoms with E-state index in [2.05, 4.69) is 20.4 Å². The number of rotatable bonds is 1. The Morgan fingerprint density at radius 2 is 1.55 bits per heavy atom. The maximum atomic E-state index is 3.75. The lowest BCUT2D eigenvalue weighted by Crippen LogP contribution is -1.99. The van der Waals surface area contributed by atoms with E-state index in [1.54, 1.807) is 0 Å².